The number of aryl methyl sites for hydroxylation is 1. The molecule has 0 aliphatic carbocycles. The first kappa shape index (κ1) is 26.8. The summed E-state index contributed by atoms with van der Waals surface area (Å²) in [6, 6.07) is 6.29. The standard InChI is InChI=1S/C25H28F3N5O3S/c1-3-4-11-36-23(34)33-9-6-24(35,7-10-33)21-30-15-19(37-21)17-12-16(2)13-18(14-17)31-22-29-8-5-20(32-22)25(26,27)28/h5,8,12-15,35H,3-4,6-7,9-11H2,1-2H3,(H,29,31,32). The molecule has 0 spiro atoms. The van der Waals surface area contributed by atoms with Crippen molar-refractivity contribution in [2.75, 3.05) is 25.0 Å². The number of nitrogens with one attached hydrogen (secondary N) is 1. The van der Waals surface area contributed by atoms with Crippen LogP contribution < -0.4 is 5.32 Å². The highest BCUT2D eigenvalue weighted by atomic mass is 32.1. The molecule has 0 atom stereocenters. The fraction of sp³-hybridized carbons (Fsp3) is 0.440. The summed E-state index contributed by atoms with van der Waals surface area (Å²) in [7, 11) is 0. The zero-order valence-electron chi connectivity index (χ0n) is 20.5. The van der Waals surface area contributed by atoms with E-state index in [9.17, 15) is 23.1 Å². The number of benzene rings is 1. The number of alkyl halides is 3. The van der Waals surface area contributed by atoms with Gasteiger partial charge >= 0.3 is 12.3 Å². The van der Waals surface area contributed by atoms with Crippen LogP contribution in [-0.4, -0.2) is 50.7 Å². The van der Waals surface area contributed by atoms with Gasteiger partial charge in [0.15, 0.2) is 0 Å². The van der Waals surface area contributed by atoms with E-state index in [4.69, 9.17) is 4.74 Å². The van der Waals surface area contributed by atoms with Gasteiger partial charge in [0.2, 0.25) is 5.95 Å². The summed E-state index contributed by atoms with van der Waals surface area (Å²) in [5, 5.41) is 14.7. The Morgan fingerprint density at radius 2 is 2.00 bits per heavy atom. The van der Waals surface area contributed by atoms with Gasteiger partial charge in [-0.3, -0.25) is 0 Å². The molecule has 4 rings (SSSR count). The molecule has 3 aromatic rings. The molecule has 0 saturated carbocycles. The van der Waals surface area contributed by atoms with Gasteiger partial charge in [0.1, 0.15) is 16.3 Å². The number of unbranched alkanes of at least 4 members (excludes halogenated alkanes) is 1. The maximum Gasteiger partial charge on any atom is 0.433 e. The lowest BCUT2D eigenvalue weighted by Gasteiger charge is -2.36. The van der Waals surface area contributed by atoms with Gasteiger partial charge in [0.05, 0.1) is 11.5 Å². The molecular weight excluding hydrogens is 507 g/mol. The van der Waals surface area contributed by atoms with Crippen molar-refractivity contribution in [2.24, 2.45) is 0 Å². The summed E-state index contributed by atoms with van der Waals surface area (Å²) in [5.74, 6) is -0.161. The SMILES string of the molecule is CCCCOC(=O)N1CCC(O)(c2ncc(-c3cc(C)cc(Nc4nccc(C(F)(F)F)n4)c3)s2)CC1. The predicted octanol–water partition coefficient (Wildman–Crippen LogP) is 5.89. The van der Waals surface area contributed by atoms with Crippen LogP contribution in [0.2, 0.25) is 0 Å². The number of carbonyl (C=O) groups excluding carboxylic acids is 1. The van der Waals surface area contributed by atoms with Crippen LogP contribution in [-0.2, 0) is 16.5 Å². The molecule has 0 radical (unpaired) electrons. The number of thiazole rings is 1. The number of ether oxygens (including phenoxy) is 1. The van der Waals surface area contributed by atoms with Crippen LogP contribution in [0.4, 0.5) is 29.6 Å². The van der Waals surface area contributed by atoms with Crippen molar-refractivity contribution in [1.82, 2.24) is 19.9 Å². The van der Waals surface area contributed by atoms with E-state index in [1.807, 2.05) is 19.9 Å². The number of rotatable bonds is 7. The van der Waals surface area contributed by atoms with Crippen LogP contribution in [0.5, 0.6) is 0 Å². The topological polar surface area (TPSA) is 100 Å². The first-order valence-corrected chi connectivity index (χ1v) is 12.8. The number of halogens is 3. The molecule has 0 unspecified atom stereocenters. The number of piperidine rings is 1. The van der Waals surface area contributed by atoms with Crippen molar-refractivity contribution >= 4 is 29.1 Å². The molecule has 2 aromatic heterocycles. The number of hydrogen-bond donors (Lipinski definition) is 2. The van der Waals surface area contributed by atoms with Crippen LogP contribution in [0.15, 0.2) is 36.7 Å². The van der Waals surface area contributed by atoms with Crippen molar-refractivity contribution in [3.05, 3.63) is 52.9 Å². The number of aromatic nitrogens is 3. The Morgan fingerprint density at radius 1 is 1.24 bits per heavy atom. The summed E-state index contributed by atoms with van der Waals surface area (Å²) in [5.41, 5.74) is 0.00514. The summed E-state index contributed by atoms with van der Waals surface area (Å²) < 4.78 is 44.3. The Balaban J connectivity index is 1.46. The first-order valence-electron chi connectivity index (χ1n) is 12.0. The summed E-state index contributed by atoms with van der Waals surface area (Å²) in [6.45, 7) is 5.01. The van der Waals surface area contributed by atoms with Gasteiger partial charge in [-0.1, -0.05) is 19.4 Å². The Bertz CT molecular complexity index is 1240. The predicted molar refractivity (Wildman–Crippen MR) is 134 cm³/mol. The molecule has 1 aliphatic rings. The van der Waals surface area contributed by atoms with Crippen LogP contribution in [0, 0.1) is 6.92 Å². The highest BCUT2D eigenvalue weighted by Gasteiger charge is 2.38. The van der Waals surface area contributed by atoms with Gasteiger partial charge < -0.3 is 20.1 Å². The van der Waals surface area contributed by atoms with Gasteiger partial charge in [0.25, 0.3) is 0 Å². The second-order valence-electron chi connectivity index (χ2n) is 8.99. The number of aliphatic hydroxyl groups is 1. The number of hydrogen-bond acceptors (Lipinski definition) is 8. The van der Waals surface area contributed by atoms with E-state index in [-0.39, 0.29) is 12.0 Å². The van der Waals surface area contributed by atoms with Crippen molar-refractivity contribution in [2.45, 2.75) is 51.3 Å². The largest absolute Gasteiger partial charge is 0.449 e. The molecule has 1 saturated heterocycles. The molecule has 1 fully saturated rings. The lowest BCUT2D eigenvalue weighted by atomic mass is 9.92. The van der Waals surface area contributed by atoms with Crippen LogP contribution >= 0.6 is 11.3 Å². The van der Waals surface area contributed by atoms with Gasteiger partial charge in [-0.05, 0) is 42.7 Å². The van der Waals surface area contributed by atoms with Crippen LogP contribution in [0.1, 0.15) is 48.9 Å². The Hall–Kier alpha value is -3.25. The van der Waals surface area contributed by atoms with Gasteiger partial charge in [-0.25, -0.2) is 19.7 Å². The molecule has 8 nitrogen and oxygen atoms in total. The number of carbonyl (C=O) groups is 1. The van der Waals surface area contributed by atoms with E-state index in [2.05, 4.69) is 20.3 Å². The maximum atomic E-state index is 13.0. The maximum absolute atomic E-state index is 13.0. The number of likely N-dealkylation sites (tertiary alicyclic amines) is 1. The minimum absolute atomic E-state index is 0.161. The number of anilines is 2. The lowest BCUT2D eigenvalue weighted by Crippen LogP contribution is -2.45. The Labute approximate surface area is 216 Å². The van der Waals surface area contributed by atoms with Crippen LogP contribution in [0.3, 0.4) is 0 Å². The lowest BCUT2D eigenvalue weighted by molar-refractivity contribution is -0.141. The third-order valence-corrected chi connectivity index (χ3v) is 7.28. The normalized spacial score (nSPS) is 15.5. The number of nitrogens with zero attached hydrogens (tertiary/aromatic N) is 4. The van der Waals surface area contributed by atoms with Crippen molar-refractivity contribution < 1.29 is 27.8 Å². The smallest absolute Gasteiger partial charge is 0.433 e. The second-order valence-corrected chi connectivity index (χ2v) is 10.0. The van der Waals surface area contributed by atoms with Gasteiger partial charge in [0, 0.05) is 44.0 Å². The molecule has 0 bridgehead atoms. The summed E-state index contributed by atoms with van der Waals surface area (Å²) in [6.07, 6.45) is 0.240. The van der Waals surface area contributed by atoms with E-state index in [1.165, 1.54) is 11.3 Å². The van der Waals surface area contributed by atoms with Gasteiger partial charge in [-0.2, -0.15) is 13.2 Å². The molecule has 3 heterocycles. The van der Waals surface area contributed by atoms with Crippen molar-refractivity contribution in [3.8, 4) is 10.4 Å². The molecule has 1 amide bonds. The zero-order chi connectivity index (χ0) is 26.6. The molecule has 37 heavy (non-hydrogen) atoms. The fourth-order valence-electron chi connectivity index (χ4n) is 3.99. The Morgan fingerprint density at radius 3 is 2.70 bits per heavy atom. The quantitative estimate of drug-likeness (QED) is 0.364. The summed E-state index contributed by atoms with van der Waals surface area (Å²) >= 11 is 1.34. The summed E-state index contributed by atoms with van der Waals surface area (Å²) in [4.78, 5) is 26.5. The average molecular weight is 536 g/mol. The van der Waals surface area contributed by atoms with Crippen LogP contribution in [0.25, 0.3) is 10.4 Å². The molecule has 12 heteroatoms. The molecule has 198 valence electrons. The monoisotopic (exact) mass is 535 g/mol. The van der Waals surface area contributed by atoms with E-state index in [0.29, 0.717) is 43.2 Å². The second kappa shape index (κ2) is 11.0. The first-order chi connectivity index (χ1) is 17.6. The van der Waals surface area contributed by atoms with E-state index in [0.717, 1.165) is 41.1 Å². The zero-order valence-corrected chi connectivity index (χ0v) is 21.3. The van der Waals surface area contributed by atoms with Crippen molar-refractivity contribution in [3.63, 3.8) is 0 Å². The third kappa shape index (κ3) is 6.55. The molecule has 2 N–H and O–H groups in total. The minimum Gasteiger partial charge on any atom is -0.449 e. The van der Waals surface area contributed by atoms with E-state index in [1.54, 1.807) is 23.2 Å². The third-order valence-electron chi connectivity index (χ3n) is 6.04. The molecular formula is C25H28F3N5O3S. The molecule has 1 aromatic carbocycles. The minimum atomic E-state index is -4.57. The van der Waals surface area contributed by atoms with E-state index >= 15 is 0 Å². The Kier molecular flexibility index (Phi) is 7.98. The highest BCUT2D eigenvalue weighted by molar-refractivity contribution is 7.15. The highest BCUT2D eigenvalue weighted by Crippen LogP contribution is 2.39. The average Bonchev–Trinajstić information content (AvgIpc) is 3.35. The van der Waals surface area contributed by atoms with E-state index < -0.39 is 17.5 Å². The van der Waals surface area contributed by atoms with Crippen molar-refractivity contribution in [1.29, 1.82) is 0 Å². The molecule has 1 aliphatic heterocycles. The van der Waals surface area contributed by atoms with Gasteiger partial charge in [-0.15, -0.1) is 11.3 Å². The number of amides is 1. The fourth-order valence-corrected chi connectivity index (χ4v) is 5.04.